The number of benzene rings is 2. The smallest absolute Gasteiger partial charge is 0.338 e. The van der Waals surface area contributed by atoms with Crippen LogP contribution in [-0.4, -0.2) is 22.0 Å². The summed E-state index contributed by atoms with van der Waals surface area (Å²) in [7, 11) is 0. The summed E-state index contributed by atoms with van der Waals surface area (Å²) in [6, 6.07) is 10.0. The molecule has 6 nitrogen and oxygen atoms in total. The van der Waals surface area contributed by atoms with Crippen molar-refractivity contribution in [2.75, 3.05) is 5.32 Å². The minimum absolute atomic E-state index is 0.000121. The number of pyridine rings is 1. The van der Waals surface area contributed by atoms with Crippen molar-refractivity contribution < 1.29 is 23.1 Å². The van der Waals surface area contributed by atoms with Gasteiger partial charge in [-0.1, -0.05) is 29.3 Å². The molecule has 1 aromatic heterocycles. The second-order valence-electron chi connectivity index (χ2n) is 9.06. The highest BCUT2D eigenvalue weighted by Crippen LogP contribution is 2.36. The molecule has 1 heterocycles. The number of alkyl halides is 2. The van der Waals surface area contributed by atoms with Crippen molar-refractivity contribution >= 4 is 40.8 Å². The first kappa shape index (κ1) is 27.4. The third-order valence-electron chi connectivity index (χ3n) is 5.16. The van der Waals surface area contributed by atoms with Gasteiger partial charge in [0.2, 0.25) is 5.91 Å². The van der Waals surface area contributed by atoms with Gasteiger partial charge in [0, 0.05) is 34.1 Å². The van der Waals surface area contributed by atoms with Crippen LogP contribution >= 0.6 is 23.2 Å². The highest BCUT2D eigenvalue weighted by Gasteiger charge is 2.22. The maximum Gasteiger partial charge on any atom is 0.338 e. The molecule has 190 valence electrons. The highest BCUT2D eigenvalue weighted by molar-refractivity contribution is 6.33. The number of amides is 1. The zero-order chi connectivity index (χ0) is 26.8. The minimum Gasteiger partial charge on any atom is -0.456 e. The number of esters is 1. The lowest BCUT2D eigenvalue weighted by Crippen LogP contribution is -2.31. The molecule has 0 saturated carbocycles. The van der Waals surface area contributed by atoms with E-state index >= 15 is 0 Å². The number of carbonyl (C=O) groups is 2. The largest absolute Gasteiger partial charge is 0.456 e. The number of ether oxygens (including phenoxy) is 1. The third kappa shape index (κ3) is 6.50. The van der Waals surface area contributed by atoms with Crippen LogP contribution in [0, 0.1) is 0 Å². The van der Waals surface area contributed by atoms with Gasteiger partial charge in [0.05, 0.1) is 10.6 Å². The Kier molecular flexibility index (Phi) is 8.21. The van der Waals surface area contributed by atoms with Crippen LogP contribution in [0.1, 0.15) is 56.1 Å². The molecule has 1 atom stereocenters. The van der Waals surface area contributed by atoms with Crippen LogP contribution in [0.15, 0.2) is 59.5 Å². The summed E-state index contributed by atoms with van der Waals surface area (Å²) in [5, 5.41) is 2.88. The molecule has 0 aliphatic rings. The summed E-state index contributed by atoms with van der Waals surface area (Å²) in [6.45, 7) is 6.77. The zero-order valence-electron chi connectivity index (χ0n) is 19.9. The van der Waals surface area contributed by atoms with Crippen molar-refractivity contribution in [1.29, 1.82) is 0 Å². The summed E-state index contributed by atoms with van der Waals surface area (Å²) < 4.78 is 33.4. The van der Waals surface area contributed by atoms with Gasteiger partial charge in [-0.05, 0) is 69.7 Å². The maximum atomic E-state index is 13.5. The van der Waals surface area contributed by atoms with E-state index in [1.807, 2.05) is 0 Å². The first-order valence-corrected chi connectivity index (χ1v) is 11.7. The standard InChI is InChI=1S/C26H24Cl2F2N2O4/c1-14(24(34)31-17-8-5-15(6-9-17)25(35)36-26(2,3)4)32-13-21(28)20(12-22(32)33)19-11-16(27)7-10-18(19)23(29)30/h5-14,23H,1-4H3,(H,31,34). The average molecular weight is 537 g/mol. The molecule has 0 bridgehead atoms. The predicted octanol–water partition coefficient (Wildman–Crippen LogP) is 6.91. The number of rotatable bonds is 6. The Morgan fingerprint density at radius 2 is 1.64 bits per heavy atom. The zero-order valence-corrected chi connectivity index (χ0v) is 21.5. The molecule has 1 amide bonds. The molecule has 0 fully saturated rings. The molecular formula is C26H24Cl2F2N2O4. The Bertz CT molecular complexity index is 1350. The predicted molar refractivity (Wildman–Crippen MR) is 136 cm³/mol. The number of halogens is 4. The number of carbonyl (C=O) groups excluding carboxylic acids is 2. The molecular weight excluding hydrogens is 513 g/mol. The first-order valence-electron chi connectivity index (χ1n) is 10.9. The van der Waals surface area contributed by atoms with Crippen LogP contribution in [0.25, 0.3) is 11.1 Å². The SMILES string of the molecule is CC(C(=O)Nc1ccc(C(=O)OC(C)(C)C)cc1)n1cc(Cl)c(-c2cc(Cl)ccc2C(F)F)cc1=O. The molecule has 2 aromatic carbocycles. The lowest BCUT2D eigenvalue weighted by Gasteiger charge is -2.19. The molecule has 1 N–H and O–H groups in total. The lowest BCUT2D eigenvalue weighted by atomic mass is 10.0. The topological polar surface area (TPSA) is 77.4 Å². The van der Waals surface area contributed by atoms with Crippen LogP contribution in [-0.2, 0) is 9.53 Å². The summed E-state index contributed by atoms with van der Waals surface area (Å²) in [5.74, 6) is -1.02. The van der Waals surface area contributed by atoms with Crippen LogP contribution in [0.3, 0.4) is 0 Å². The molecule has 3 aromatic rings. The van der Waals surface area contributed by atoms with Crippen LogP contribution in [0.5, 0.6) is 0 Å². The van der Waals surface area contributed by atoms with Gasteiger partial charge in [0.1, 0.15) is 11.6 Å². The van der Waals surface area contributed by atoms with Gasteiger partial charge >= 0.3 is 5.97 Å². The van der Waals surface area contributed by atoms with E-state index < -0.39 is 35.5 Å². The van der Waals surface area contributed by atoms with E-state index in [-0.39, 0.29) is 26.7 Å². The molecule has 36 heavy (non-hydrogen) atoms. The van der Waals surface area contributed by atoms with Crippen molar-refractivity contribution in [3.63, 3.8) is 0 Å². The molecule has 0 aliphatic carbocycles. The second kappa shape index (κ2) is 10.8. The van der Waals surface area contributed by atoms with E-state index in [1.165, 1.54) is 55.6 Å². The normalized spacial score (nSPS) is 12.4. The van der Waals surface area contributed by atoms with E-state index in [0.717, 1.165) is 10.6 Å². The molecule has 1 unspecified atom stereocenters. The van der Waals surface area contributed by atoms with Crippen LogP contribution in [0.2, 0.25) is 10.0 Å². The Morgan fingerprint density at radius 1 is 1.00 bits per heavy atom. The number of aromatic nitrogens is 1. The van der Waals surface area contributed by atoms with Crippen molar-refractivity contribution in [1.82, 2.24) is 4.57 Å². The number of anilines is 1. The molecule has 10 heteroatoms. The van der Waals surface area contributed by atoms with Gasteiger partial charge in [-0.2, -0.15) is 0 Å². The van der Waals surface area contributed by atoms with Crippen LogP contribution in [0.4, 0.5) is 14.5 Å². The average Bonchev–Trinajstić information content (AvgIpc) is 2.78. The Morgan fingerprint density at radius 3 is 2.22 bits per heavy atom. The number of nitrogens with one attached hydrogen (secondary N) is 1. The Labute approximate surface area is 216 Å². The lowest BCUT2D eigenvalue weighted by molar-refractivity contribution is -0.118. The van der Waals surface area contributed by atoms with Crippen molar-refractivity contribution in [2.45, 2.75) is 45.8 Å². The van der Waals surface area contributed by atoms with E-state index in [0.29, 0.717) is 11.3 Å². The number of hydrogen-bond donors (Lipinski definition) is 1. The number of nitrogens with zero attached hydrogens (tertiary/aromatic N) is 1. The summed E-state index contributed by atoms with van der Waals surface area (Å²) in [4.78, 5) is 37.8. The van der Waals surface area contributed by atoms with Gasteiger partial charge < -0.3 is 14.6 Å². The fourth-order valence-electron chi connectivity index (χ4n) is 3.38. The van der Waals surface area contributed by atoms with Gasteiger partial charge in [-0.15, -0.1) is 0 Å². The molecule has 0 saturated heterocycles. The van der Waals surface area contributed by atoms with E-state index in [4.69, 9.17) is 27.9 Å². The molecule has 0 aliphatic heterocycles. The molecule has 3 rings (SSSR count). The second-order valence-corrected chi connectivity index (χ2v) is 9.90. The maximum absolute atomic E-state index is 13.5. The monoisotopic (exact) mass is 536 g/mol. The van der Waals surface area contributed by atoms with Crippen LogP contribution < -0.4 is 10.9 Å². The Hall–Kier alpha value is -3.23. The van der Waals surface area contributed by atoms with Gasteiger partial charge in [-0.25, -0.2) is 13.6 Å². The van der Waals surface area contributed by atoms with E-state index in [2.05, 4.69) is 5.32 Å². The van der Waals surface area contributed by atoms with Crippen molar-refractivity contribution in [3.05, 3.63) is 86.3 Å². The molecule has 0 spiro atoms. The first-order chi connectivity index (χ1) is 16.8. The van der Waals surface area contributed by atoms with Gasteiger partial charge in [0.25, 0.3) is 12.0 Å². The fourth-order valence-corrected chi connectivity index (χ4v) is 3.82. The fraction of sp³-hybridized carbons (Fsp3) is 0.269. The third-order valence-corrected chi connectivity index (χ3v) is 5.69. The number of hydrogen-bond acceptors (Lipinski definition) is 4. The summed E-state index contributed by atoms with van der Waals surface area (Å²) in [6.07, 6.45) is -1.58. The summed E-state index contributed by atoms with van der Waals surface area (Å²) in [5.41, 5.74) is -0.738. The quantitative estimate of drug-likeness (QED) is 0.347. The van der Waals surface area contributed by atoms with Crippen molar-refractivity contribution in [2.24, 2.45) is 0 Å². The summed E-state index contributed by atoms with van der Waals surface area (Å²) >= 11 is 12.3. The van der Waals surface area contributed by atoms with E-state index in [9.17, 15) is 23.2 Å². The van der Waals surface area contributed by atoms with Gasteiger partial charge in [-0.3, -0.25) is 9.59 Å². The Balaban J connectivity index is 1.82. The van der Waals surface area contributed by atoms with Gasteiger partial charge in [0.15, 0.2) is 0 Å². The van der Waals surface area contributed by atoms with Crippen molar-refractivity contribution in [3.8, 4) is 11.1 Å². The molecule has 0 radical (unpaired) electrons. The minimum atomic E-state index is -2.80. The van der Waals surface area contributed by atoms with E-state index in [1.54, 1.807) is 20.8 Å². The highest BCUT2D eigenvalue weighted by atomic mass is 35.5.